The smallest absolute Gasteiger partial charge is 0.411 e. The largest absolute Gasteiger partial charge is 0.494 e. The van der Waals surface area contributed by atoms with Gasteiger partial charge in [-0.3, -0.25) is 19.7 Å². The number of benzene rings is 2. The number of nitrogens with one attached hydrogen (secondary N) is 1. The summed E-state index contributed by atoms with van der Waals surface area (Å²) in [5.41, 5.74) is 2.44. The van der Waals surface area contributed by atoms with Crippen LogP contribution in [-0.4, -0.2) is 68.1 Å². The fraction of sp³-hybridized carbons (Fsp3) is 0.400. The summed E-state index contributed by atoms with van der Waals surface area (Å²) >= 11 is 0. The van der Waals surface area contributed by atoms with Gasteiger partial charge in [-0.2, -0.15) is 5.10 Å². The first-order valence-electron chi connectivity index (χ1n) is 14.1. The molecule has 4 aromatic rings. The van der Waals surface area contributed by atoms with Gasteiger partial charge >= 0.3 is 6.09 Å². The van der Waals surface area contributed by atoms with E-state index >= 15 is 0 Å². The maximum atomic E-state index is 13.0. The van der Waals surface area contributed by atoms with Crippen molar-refractivity contribution in [1.82, 2.24) is 24.6 Å². The van der Waals surface area contributed by atoms with Gasteiger partial charge in [0.25, 0.3) is 5.69 Å². The number of likely N-dealkylation sites (tertiary alicyclic amines) is 1. The zero-order chi connectivity index (χ0) is 30.9. The molecule has 2 aromatic heterocycles. The molecule has 1 atom stereocenters. The number of piperidine rings is 1. The Labute approximate surface area is 249 Å². The van der Waals surface area contributed by atoms with Crippen LogP contribution >= 0.6 is 0 Å². The Morgan fingerprint density at radius 2 is 1.95 bits per heavy atom. The number of hydrogen-bond donors (Lipinski definition) is 1. The minimum absolute atomic E-state index is 0.142. The summed E-state index contributed by atoms with van der Waals surface area (Å²) in [6.45, 7) is 5.94. The molecule has 1 aliphatic rings. The van der Waals surface area contributed by atoms with Crippen molar-refractivity contribution in [3.63, 3.8) is 0 Å². The quantitative estimate of drug-likeness (QED) is 0.206. The Bertz CT molecular complexity index is 1660. The van der Waals surface area contributed by atoms with Gasteiger partial charge in [0.05, 0.1) is 35.1 Å². The van der Waals surface area contributed by atoms with E-state index in [1.807, 2.05) is 46.0 Å². The van der Waals surface area contributed by atoms with Crippen LogP contribution in [0.4, 0.5) is 27.7 Å². The molecule has 0 aliphatic carbocycles. The molecular weight excluding hydrogens is 552 g/mol. The first-order valence-corrected chi connectivity index (χ1v) is 14.1. The summed E-state index contributed by atoms with van der Waals surface area (Å²) in [5.74, 6) is 0.817. The zero-order valence-electron chi connectivity index (χ0n) is 25.2. The van der Waals surface area contributed by atoms with Gasteiger partial charge in [0, 0.05) is 49.8 Å². The van der Waals surface area contributed by atoms with Crippen molar-refractivity contribution in [3.05, 3.63) is 59.0 Å². The normalized spacial score (nSPS) is 15.3. The Morgan fingerprint density at radius 3 is 2.67 bits per heavy atom. The summed E-state index contributed by atoms with van der Waals surface area (Å²) < 4.78 is 13.1. The standard InChI is InChI=1S/C30H36N8O5/c1-30(2,3)43-29(39)37-12-8-7-9-28(37)35(4)24-16-26(42-6)22(14-25(24)38(40)41)34-27-15-21(31-18-32-27)19-10-11-23-20(13-19)17-33-36(23)5/h10-11,13-18,28H,7-9,12H2,1-6H3,(H,31,32,34). The number of aryl methyl sites for hydroxylation is 1. The molecule has 2 aromatic carbocycles. The number of nitro benzene ring substituents is 1. The minimum atomic E-state index is -0.660. The molecule has 1 unspecified atom stereocenters. The highest BCUT2D eigenvalue weighted by Crippen LogP contribution is 2.41. The Hall–Kier alpha value is -4.94. The fourth-order valence-electron chi connectivity index (χ4n) is 5.31. The molecule has 1 amide bonds. The number of rotatable bonds is 7. The number of hydrogen-bond acceptors (Lipinski definition) is 10. The zero-order valence-corrected chi connectivity index (χ0v) is 25.2. The molecule has 0 radical (unpaired) electrons. The molecule has 13 heteroatoms. The van der Waals surface area contributed by atoms with Crippen LogP contribution in [0.5, 0.6) is 5.75 Å². The molecule has 3 heterocycles. The van der Waals surface area contributed by atoms with Crippen LogP contribution < -0.4 is 15.0 Å². The predicted octanol–water partition coefficient (Wildman–Crippen LogP) is 5.87. The molecule has 0 bridgehead atoms. The Balaban J connectivity index is 1.45. The fourth-order valence-corrected chi connectivity index (χ4v) is 5.31. The third kappa shape index (κ3) is 6.30. The number of anilines is 3. The van der Waals surface area contributed by atoms with E-state index in [1.165, 1.54) is 19.5 Å². The van der Waals surface area contributed by atoms with Crippen molar-refractivity contribution in [3.8, 4) is 17.0 Å². The molecule has 1 saturated heterocycles. The molecule has 226 valence electrons. The lowest BCUT2D eigenvalue weighted by atomic mass is 10.1. The Kier molecular flexibility index (Phi) is 8.07. The summed E-state index contributed by atoms with van der Waals surface area (Å²) in [5, 5.41) is 20.8. The predicted molar refractivity (Wildman–Crippen MR) is 164 cm³/mol. The second-order valence-corrected chi connectivity index (χ2v) is 11.5. The van der Waals surface area contributed by atoms with Crippen molar-refractivity contribution in [2.45, 2.75) is 51.8 Å². The van der Waals surface area contributed by atoms with E-state index < -0.39 is 22.8 Å². The molecule has 1 N–H and O–H groups in total. The average Bonchev–Trinajstić information content (AvgIpc) is 3.35. The van der Waals surface area contributed by atoms with Gasteiger partial charge in [0.15, 0.2) is 0 Å². The van der Waals surface area contributed by atoms with Gasteiger partial charge in [0.1, 0.15) is 35.3 Å². The number of ether oxygens (including phenoxy) is 2. The van der Waals surface area contributed by atoms with Crippen molar-refractivity contribution in [2.75, 3.05) is 30.9 Å². The number of carbonyl (C=O) groups is 1. The molecular formula is C30H36N8O5. The monoisotopic (exact) mass is 588 g/mol. The maximum absolute atomic E-state index is 13.0. The van der Waals surface area contributed by atoms with Crippen LogP contribution in [0.25, 0.3) is 22.2 Å². The highest BCUT2D eigenvalue weighted by atomic mass is 16.6. The van der Waals surface area contributed by atoms with Gasteiger partial charge in [-0.15, -0.1) is 0 Å². The number of nitrogens with zero attached hydrogens (tertiary/aromatic N) is 7. The van der Waals surface area contributed by atoms with Gasteiger partial charge in [-0.25, -0.2) is 14.8 Å². The molecule has 1 aliphatic heterocycles. The SMILES string of the molecule is COc1cc(N(C)C2CCCCN2C(=O)OC(C)(C)C)c([N+](=O)[O-])cc1Nc1cc(-c2ccc3c(cnn3C)c2)ncn1. The van der Waals surface area contributed by atoms with E-state index in [-0.39, 0.29) is 5.69 Å². The van der Waals surface area contributed by atoms with E-state index in [9.17, 15) is 14.9 Å². The third-order valence-electron chi connectivity index (χ3n) is 7.39. The highest BCUT2D eigenvalue weighted by molar-refractivity contribution is 5.84. The average molecular weight is 589 g/mol. The number of amides is 1. The second kappa shape index (κ2) is 11.7. The van der Waals surface area contributed by atoms with Gasteiger partial charge < -0.3 is 19.7 Å². The van der Waals surface area contributed by atoms with Crippen molar-refractivity contribution < 1.29 is 19.2 Å². The molecule has 0 saturated carbocycles. The van der Waals surface area contributed by atoms with E-state index in [0.29, 0.717) is 41.6 Å². The molecule has 13 nitrogen and oxygen atoms in total. The van der Waals surface area contributed by atoms with Crippen molar-refractivity contribution >= 4 is 39.9 Å². The summed E-state index contributed by atoms with van der Waals surface area (Å²) in [6.07, 6.45) is 4.71. The number of aromatic nitrogens is 4. The minimum Gasteiger partial charge on any atom is -0.494 e. The van der Waals surface area contributed by atoms with Crippen LogP contribution in [0.2, 0.25) is 0 Å². The lowest BCUT2D eigenvalue weighted by Crippen LogP contribution is -2.53. The second-order valence-electron chi connectivity index (χ2n) is 11.5. The lowest BCUT2D eigenvalue weighted by Gasteiger charge is -2.42. The number of nitro groups is 1. The number of carbonyl (C=O) groups excluding carboxylic acids is 1. The van der Waals surface area contributed by atoms with Crippen LogP contribution in [0.15, 0.2) is 48.9 Å². The van der Waals surface area contributed by atoms with Crippen LogP contribution in [0, 0.1) is 10.1 Å². The van der Waals surface area contributed by atoms with Crippen LogP contribution in [-0.2, 0) is 11.8 Å². The lowest BCUT2D eigenvalue weighted by molar-refractivity contribution is -0.384. The maximum Gasteiger partial charge on any atom is 0.411 e. The highest BCUT2D eigenvalue weighted by Gasteiger charge is 2.35. The Morgan fingerprint density at radius 1 is 1.16 bits per heavy atom. The van der Waals surface area contributed by atoms with E-state index in [2.05, 4.69) is 20.4 Å². The van der Waals surface area contributed by atoms with E-state index in [1.54, 1.807) is 39.9 Å². The van der Waals surface area contributed by atoms with E-state index in [4.69, 9.17) is 9.47 Å². The van der Waals surface area contributed by atoms with Gasteiger partial charge in [-0.1, -0.05) is 6.07 Å². The summed E-state index contributed by atoms with van der Waals surface area (Å²) in [7, 11) is 5.13. The summed E-state index contributed by atoms with van der Waals surface area (Å²) in [6, 6.07) is 10.7. The van der Waals surface area contributed by atoms with Gasteiger partial charge in [0.2, 0.25) is 0 Å². The number of fused-ring (bicyclic) bond motifs is 1. The molecule has 0 spiro atoms. The first kappa shape index (κ1) is 29.5. The van der Waals surface area contributed by atoms with Crippen molar-refractivity contribution in [2.24, 2.45) is 7.05 Å². The first-order chi connectivity index (χ1) is 20.4. The van der Waals surface area contributed by atoms with Crippen LogP contribution in [0.1, 0.15) is 40.0 Å². The molecule has 43 heavy (non-hydrogen) atoms. The third-order valence-corrected chi connectivity index (χ3v) is 7.39. The molecule has 1 fully saturated rings. The molecule has 5 rings (SSSR count). The summed E-state index contributed by atoms with van der Waals surface area (Å²) in [4.78, 5) is 37.1. The van der Waals surface area contributed by atoms with E-state index in [0.717, 1.165) is 29.3 Å². The topological polar surface area (TPSA) is 141 Å². The van der Waals surface area contributed by atoms with Gasteiger partial charge in [-0.05, 0) is 52.2 Å². The number of methoxy groups -OCH3 is 1. The van der Waals surface area contributed by atoms with Crippen molar-refractivity contribution in [1.29, 1.82) is 0 Å². The van der Waals surface area contributed by atoms with Crippen LogP contribution in [0.3, 0.4) is 0 Å².